The molecular weight excluding hydrogens is 406 g/mol. The van der Waals surface area contributed by atoms with Crippen molar-refractivity contribution in [2.45, 2.75) is 77.2 Å². The monoisotopic (exact) mass is 445 g/mol. The molecule has 2 saturated heterocycles. The Bertz CT molecular complexity index is 574. The van der Waals surface area contributed by atoms with Gasteiger partial charge in [0, 0.05) is 12.5 Å². The van der Waals surface area contributed by atoms with Crippen LogP contribution in [0.1, 0.15) is 58.8 Å². The predicted molar refractivity (Wildman–Crippen MR) is 112 cm³/mol. The van der Waals surface area contributed by atoms with Crippen LogP contribution >= 0.6 is 0 Å². The van der Waals surface area contributed by atoms with Crippen LogP contribution in [0.4, 0.5) is 0 Å². The van der Waals surface area contributed by atoms with E-state index < -0.39 is 18.3 Å². The molecule has 0 bridgehead atoms. The number of ether oxygens (including phenoxy) is 2. The first-order chi connectivity index (χ1) is 14.8. The summed E-state index contributed by atoms with van der Waals surface area (Å²) < 4.78 is 11.5. The highest BCUT2D eigenvalue weighted by molar-refractivity contribution is 5.84. The number of likely N-dealkylation sites (tertiary alicyclic amines) is 1. The van der Waals surface area contributed by atoms with Gasteiger partial charge in [-0.2, -0.15) is 0 Å². The molecule has 9 nitrogen and oxygen atoms in total. The predicted octanol–water partition coefficient (Wildman–Crippen LogP) is 2.37. The largest absolute Gasteiger partial charge is 0.480 e. The molecule has 0 aromatic carbocycles. The lowest BCUT2D eigenvalue weighted by Crippen LogP contribution is -2.44. The van der Waals surface area contributed by atoms with Gasteiger partial charge in [-0.1, -0.05) is 19.8 Å². The van der Waals surface area contributed by atoms with Gasteiger partial charge in [0.15, 0.2) is 6.29 Å². The lowest BCUT2D eigenvalue weighted by atomic mass is 9.66. The lowest BCUT2D eigenvalue weighted by Gasteiger charge is -2.41. The van der Waals surface area contributed by atoms with E-state index in [4.69, 9.17) is 14.7 Å². The van der Waals surface area contributed by atoms with E-state index in [1.807, 2.05) is 6.92 Å². The zero-order valence-electron chi connectivity index (χ0n) is 18.9. The summed E-state index contributed by atoms with van der Waals surface area (Å²) in [7, 11) is 1.18. The second-order valence-corrected chi connectivity index (χ2v) is 9.07. The molecule has 0 spiro atoms. The van der Waals surface area contributed by atoms with Crippen molar-refractivity contribution < 1.29 is 39.4 Å². The van der Waals surface area contributed by atoms with Crippen molar-refractivity contribution in [2.75, 3.05) is 26.9 Å². The molecule has 1 saturated carbocycles. The summed E-state index contributed by atoms with van der Waals surface area (Å²) in [5.74, 6) is -0.0439. The fourth-order valence-corrected chi connectivity index (χ4v) is 5.40. The number of aliphatic hydroxyl groups excluding tert-OH is 1. The van der Waals surface area contributed by atoms with Crippen LogP contribution in [-0.4, -0.2) is 77.6 Å². The third-order valence-corrected chi connectivity index (χ3v) is 7.15. The average molecular weight is 446 g/mol. The maximum atomic E-state index is 12.4. The Kier molecular flexibility index (Phi) is 10.6. The average Bonchev–Trinajstić information content (AvgIpc) is 3.17. The quantitative estimate of drug-likeness (QED) is 0.323. The number of rotatable bonds is 6. The molecular formula is C22H39NO8. The Balaban J connectivity index is 0.00000107. The van der Waals surface area contributed by atoms with Crippen LogP contribution in [0.2, 0.25) is 0 Å². The number of carbonyl (C=O) groups excluding carboxylic acids is 1. The molecule has 3 N–H and O–H groups in total. The van der Waals surface area contributed by atoms with Crippen LogP contribution in [0.15, 0.2) is 0 Å². The smallest absolute Gasteiger partial charge is 0.326 e. The van der Waals surface area contributed by atoms with Gasteiger partial charge < -0.3 is 24.6 Å². The van der Waals surface area contributed by atoms with Crippen molar-refractivity contribution in [2.24, 2.45) is 23.7 Å². The maximum absolute atomic E-state index is 12.4. The normalized spacial score (nSPS) is 32.8. The third kappa shape index (κ3) is 7.12. The zero-order valence-corrected chi connectivity index (χ0v) is 18.9. The van der Waals surface area contributed by atoms with Crippen LogP contribution in [0.5, 0.6) is 0 Å². The Morgan fingerprint density at radius 1 is 1.16 bits per heavy atom. The molecule has 2 unspecified atom stereocenters. The van der Waals surface area contributed by atoms with E-state index in [0.717, 1.165) is 25.9 Å². The summed E-state index contributed by atoms with van der Waals surface area (Å²) in [4.78, 5) is 28.2. The molecule has 0 aromatic heterocycles. The van der Waals surface area contributed by atoms with Crippen molar-refractivity contribution >= 4 is 11.9 Å². The van der Waals surface area contributed by atoms with E-state index in [2.05, 4.69) is 11.8 Å². The number of nitrogens with zero attached hydrogens (tertiary/aromatic N) is 1. The maximum Gasteiger partial charge on any atom is 0.326 e. The second kappa shape index (κ2) is 12.7. The van der Waals surface area contributed by atoms with Crippen molar-refractivity contribution in [3.8, 4) is 0 Å². The Morgan fingerprint density at radius 3 is 2.55 bits per heavy atom. The van der Waals surface area contributed by atoms with E-state index in [-0.39, 0.29) is 18.4 Å². The number of carboxylic acids is 1. The van der Waals surface area contributed by atoms with Crippen molar-refractivity contribution in [3.05, 3.63) is 0 Å². The Morgan fingerprint density at radius 2 is 1.87 bits per heavy atom. The summed E-state index contributed by atoms with van der Waals surface area (Å²) in [6.45, 7) is 5.02. The minimum Gasteiger partial charge on any atom is -0.480 e. The van der Waals surface area contributed by atoms with Gasteiger partial charge in [-0.25, -0.2) is 9.68 Å². The van der Waals surface area contributed by atoms with Crippen molar-refractivity contribution in [1.29, 1.82) is 0 Å². The van der Waals surface area contributed by atoms with Crippen LogP contribution in [-0.2, 0) is 24.0 Å². The summed E-state index contributed by atoms with van der Waals surface area (Å²) in [6, 6.07) is -0.769. The molecule has 1 aliphatic carbocycles. The van der Waals surface area contributed by atoms with Gasteiger partial charge in [0.1, 0.15) is 12.6 Å². The second-order valence-electron chi connectivity index (χ2n) is 9.07. The van der Waals surface area contributed by atoms with Gasteiger partial charge in [0.05, 0.1) is 19.8 Å². The standard InChI is InChI=1S/C21H35NO6.CH4O2/c1-13-8-9-15-5-3-6-16(17(15)11-27-13)14(2)21(26)28-12-19(23)22-10-4-7-18(22)20(24)25;1-3-2/h13-18,21,26H,3-12H2,1-2H3,(H,24,25);2H,1H3/t13?,14-,15-,16+,17?,18+,21-;/m1./s1. The SMILES string of the molecule is CC1CC[C@H]2CCC[C@@H]([C@@H](C)[C@H](O)OCC(=O)N3CCC[C@H]3C(=O)O)C2CO1.COO. The molecule has 0 aromatic rings. The number of aliphatic hydroxyl groups is 1. The molecule has 2 heterocycles. The van der Waals surface area contributed by atoms with Gasteiger partial charge in [-0.15, -0.1) is 0 Å². The number of hydrogen-bond acceptors (Lipinski definition) is 7. The van der Waals surface area contributed by atoms with Crippen molar-refractivity contribution in [1.82, 2.24) is 4.90 Å². The van der Waals surface area contributed by atoms with Crippen LogP contribution in [0, 0.1) is 23.7 Å². The van der Waals surface area contributed by atoms with Crippen molar-refractivity contribution in [3.63, 3.8) is 0 Å². The number of amides is 1. The van der Waals surface area contributed by atoms with E-state index in [1.165, 1.54) is 24.9 Å². The summed E-state index contributed by atoms with van der Waals surface area (Å²) in [5.41, 5.74) is 0. The molecule has 3 rings (SSSR count). The summed E-state index contributed by atoms with van der Waals surface area (Å²) in [5, 5.41) is 26.9. The summed E-state index contributed by atoms with van der Waals surface area (Å²) >= 11 is 0. The first-order valence-electron chi connectivity index (χ1n) is 11.4. The highest BCUT2D eigenvalue weighted by Crippen LogP contribution is 2.44. The van der Waals surface area contributed by atoms with E-state index in [0.29, 0.717) is 43.2 Å². The summed E-state index contributed by atoms with van der Waals surface area (Å²) in [6.07, 6.45) is 6.13. The minimum atomic E-state index is -1.03. The zero-order chi connectivity index (χ0) is 23.0. The highest BCUT2D eigenvalue weighted by Gasteiger charge is 2.40. The first kappa shape index (κ1) is 26.0. The van der Waals surface area contributed by atoms with E-state index in [9.17, 15) is 19.8 Å². The van der Waals surface area contributed by atoms with Gasteiger partial charge in [0.2, 0.25) is 5.91 Å². The third-order valence-electron chi connectivity index (χ3n) is 7.15. The Hall–Kier alpha value is -1.26. The van der Waals surface area contributed by atoms with Crippen LogP contribution in [0.25, 0.3) is 0 Å². The Labute approximate surface area is 184 Å². The topological polar surface area (TPSA) is 126 Å². The van der Waals surface area contributed by atoms with Crippen LogP contribution in [0.3, 0.4) is 0 Å². The molecule has 3 aliphatic rings. The van der Waals surface area contributed by atoms with E-state index >= 15 is 0 Å². The van der Waals surface area contributed by atoms with Crippen LogP contribution < -0.4 is 0 Å². The molecule has 1 amide bonds. The molecule has 7 atom stereocenters. The molecule has 180 valence electrons. The highest BCUT2D eigenvalue weighted by atomic mass is 17.1. The number of hydrogen-bond donors (Lipinski definition) is 3. The van der Waals surface area contributed by atoms with Gasteiger partial charge in [-0.05, 0) is 56.8 Å². The molecule has 0 radical (unpaired) electrons. The number of aliphatic carboxylic acids is 1. The molecule has 2 aliphatic heterocycles. The number of carboxylic acid groups (broad SMARTS) is 1. The minimum absolute atomic E-state index is 0.0912. The fraction of sp³-hybridized carbons (Fsp3) is 0.909. The molecule has 31 heavy (non-hydrogen) atoms. The van der Waals surface area contributed by atoms with Gasteiger partial charge in [-0.3, -0.25) is 10.1 Å². The van der Waals surface area contributed by atoms with Gasteiger partial charge >= 0.3 is 5.97 Å². The molecule has 3 fully saturated rings. The lowest BCUT2D eigenvalue weighted by molar-refractivity contribution is -0.214. The first-order valence-corrected chi connectivity index (χ1v) is 11.4. The molecule has 9 heteroatoms. The number of carbonyl (C=O) groups is 2. The van der Waals surface area contributed by atoms with Gasteiger partial charge in [0.25, 0.3) is 0 Å². The van der Waals surface area contributed by atoms with E-state index in [1.54, 1.807) is 0 Å². The fourth-order valence-electron chi connectivity index (χ4n) is 5.40. The number of fused-ring (bicyclic) bond motifs is 1.